The van der Waals surface area contributed by atoms with Crippen molar-refractivity contribution in [3.05, 3.63) is 34.1 Å². The van der Waals surface area contributed by atoms with Gasteiger partial charge in [0.2, 0.25) is 5.91 Å². The van der Waals surface area contributed by atoms with Crippen LogP contribution in [0.2, 0.25) is 5.02 Å². The molecule has 2 aromatic rings. The first-order valence-corrected chi connectivity index (χ1v) is 11.0. The van der Waals surface area contributed by atoms with E-state index in [0.717, 1.165) is 30.9 Å². The van der Waals surface area contributed by atoms with Gasteiger partial charge in [-0.2, -0.15) is 0 Å². The van der Waals surface area contributed by atoms with Crippen molar-refractivity contribution in [3.63, 3.8) is 0 Å². The van der Waals surface area contributed by atoms with Crippen LogP contribution < -0.4 is 10.6 Å². The summed E-state index contributed by atoms with van der Waals surface area (Å²) in [5.74, 6) is -0.117. The molecule has 2 amide bonds. The highest BCUT2D eigenvalue weighted by Crippen LogP contribution is 2.28. The number of aromatic nitrogens is 2. The van der Waals surface area contributed by atoms with Crippen LogP contribution in [0.5, 0.6) is 0 Å². The van der Waals surface area contributed by atoms with E-state index >= 15 is 0 Å². The van der Waals surface area contributed by atoms with E-state index in [1.807, 2.05) is 6.92 Å². The molecular formula is C20H26ClN5O2S. The third kappa shape index (κ3) is 5.52. The monoisotopic (exact) mass is 435 g/mol. The largest absolute Gasteiger partial charge is 0.315 e. The maximum Gasteiger partial charge on any atom is 0.278 e. The Bertz CT molecular complexity index is 860. The maximum absolute atomic E-state index is 12.8. The van der Waals surface area contributed by atoms with Crippen molar-refractivity contribution in [3.8, 4) is 0 Å². The summed E-state index contributed by atoms with van der Waals surface area (Å²) < 4.78 is 0. The smallest absolute Gasteiger partial charge is 0.278 e. The topological polar surface area (TPSA) is 87.2 Å². The normalized spacial score (nSPS) is 15.5. The minimum Gasteiger partial charge on any atom is -0.315 e. The van der Waals surface area contributed by atoms with Gasteiger partial charge in [0.25, 0.3) is 5.91 Å². The van der Waals surface area contributed by atoms with Crippen molar-refractivity contribution in [1.29, 1.82) is 0 Å². The van der Waals surface area contributed by atoms with E-state index in [0.29, 0.717) is 28.3 Å². The van der Waals surface area contributed by atoms with Gasteiger partial charge in [-0.05, 0) is 58.3 Å². The SMILES string of the molecule is CCc1nc(C(=O)Nc2ccc(Cl)cn2)c(NC(=O)C2CCN(C(C)C)CC2)s1. The van der Waals surface area contributed by atoms with E-state index in [4.69, 9.17) is 11.6 Å². The molecule has 0 unspecified atom stereocenters. The van der Waals surface area contributed by atoms with Crippen LogP contribution in [0.1, 0.15) is 49.1 Å². The van der Waals surface area contributed by atoms with Crippen molar-refractivity contribution in [2.45, 2.75) is 46.1 Å². The molecule has 1 saturated heterocycles. The van der Waals surface area contributed by atoms with E-state index in [1.165, 1.54) is 17.5 Å². The summed E-state index contributed by atoms with van der Waals surface area (Å²) in [4.78, 5) is 36.4. The predicted molar refractivity (Wildman–Crippen MR) is 117 cm³/mol. The highest BCUT2D eigenvalue weighted by Gasteiger charge is 2.28. The molecule has 156 valence electrons. The molecule has 29 heavy (non-hydrogen) atoms. The number of rotatable bonds is 6. The number of pyridine rings is 1. The summed E-state index contributed by atoms with van der Waals surface area (Å²) in [7, 11) is 0. The molecule has 9 heteroatoms. The lowest BCUT2D eigenvalue weighted by molar-refractivity contribution is -0.121. The fourth-order valence-corrected chi connectivity index (χ4v) is 4.29. The van der Waals surface area contributed by atoms with E-state index < -0.39 is 5.91 Å². The molecule has 2 aromatic heterocycles. The van der Waals surface area contributed by atoms with Gasteiger partial charge in [-0.15, -0.1) is 11.3 Å². The second kappa shape index (κ2) is 9.65. The van der Waals surface area contributed by atoms with Crippen LogP contribution in [0.3, 0.4) is 0 Å². The minimum absolute atomic E-state index is 0.0432. The zero-order valence-electron chi connectivity index (χ0n) is 16.9. The molecule has 0 atom stereocenters. The average molecular weight is 436 g/mol. The van der Waals surface area contributed by atoms with Crippen LogP contribution in [0, 0.1) is 5.92 Å². The molecule has 1 fully saturated rings. The van der Waals surface area contributed by atoms with Crippen LogP contribution in [0.4, 0.5) is 10.8 Å². The molecule has 3 heterocycles. The average Bonchev–Trinajstić information content (AvgIpc) is 3.12. The summed E-state index contributed by atoms with van der Waals surface area (Å²) in [6.45, 7) is 8.13. The van der Waals surface area contributed by atoms with Crippen LogP contribution in [-0.2, 0) is 11.2 Å². The molecule has 1 aliphatic heterocycles. The summed E-state index contributed by atoms with van der Waals surface area (Å²) in [5, 5.41) is 7.44. The van der Waals surface area contributed by atoms with E-state index in [1.54, 1.807) is 12.1 Å². The standard InChI is InChI=1S/C20H26ClN5O2S/c1-4-16-24-17(19(28)23-15-6-5-14(21)11-22-15)20(29-16)25-18(27)13-7-9-26(10-8-13)12(2)3/h5-6,11-13H,4,7-10H2,1-3H3,(H,25,27)(H,22,23,28). The molecule has 3 rings (SSSR count). The summed E-state index contributed by atoms with van der Waals surface area (Å²) >= 11 is 7.18. The van der Waals surface area contributed by atoms with Gasteiger partial charge in [-0.1, -0.05) is 18.5 Å². The summed E-state index contributed by atoms with van der Waals surface area (Å²) in [5.41, 5.74) is 0.219. The molecule has 1 aliphatic rings. The van der Waals surface area contributed by atoms with Gasteiger partial charge in [0.05, 0.1) is 10.0 Å². The lowest BCUT2D eigenvalue weighted by atomic mass is 9.95. The molecule has 0 aromatic carbocycles. The number of amides is 2. The Hall–Kier alpha value is -2.03. The van der Waals surface area contributed by atoms with Crippen LogP contribution in [-0.4, -0.2) is 45.8 Å². The molecule has 0 aliphatic carbocycles. The third-order valence-corrected chi connectivity index (χ3v) is 6.36. The number of aryl methyl sites for hydroxylation is 1. The Balaban J connectivity index is 1.69. The highest BCUT2D eigenvalue weighted by molar-refractivity contribution is 7.16. The van der Waals surface area contributed by atoms with Crippen molar-refractivity contribution >= 4 is 45.6 Å². The van der Waals surface area contributed by atoms with Gasteiger partial charge in [0.15, 0.2) is 5.69 Å². The minimum atomic E-state index is -0.402. The molecule has 7 nitrogen and oxygen atoms in total. The van der Waals surface area contributed by atoms with E-state index in [-0.39, 0.29) is 17.5 Å². The fourth-order valence-electron chi connectivity index (χ4n) is 3.27. The molecule has 0 saturated carbocycles. The first-order valence-electron chi connectivity index (χ1n) is 9.85. The number of carbonyl (C=O) groups is 2. The lowest BCUT2D eigenvalue weighted by Crippen LogP contribution is -2.41. The second-order valence-corrected chi connectivity index (χ2v) is 8.87. The number of carbonyl (C=O) groups excluding carboxylic acids is 2. The Labute approximate surface area is 179 Å². The Morgan fingerprint density at radius 1 is 1.28 bits per heavy atom. The van der Waals surface area contributed by atoms with Crippen molar-refractivity contribution in [1.82, 2.24) is 14.9 Å². The lowest BCUT2D eigenvalue weighted by Gasteiger charge is -2.33. The van der Waals surface area contributed by atoms with Gasteiger partial charge in [-0.3, -0.25) is 9.59 Å². The number of likely N-dealkylation sites (tertiary alicyclic amines) is 1. The van der Waals surface area contributed by atoms with Crippen molar-refractivity contribution < 1.29 is 9.59 Å². The Morgan fingerprint density at radius 3 is 2.59 bits per heavy atom. The van der Waals surface area contributed by atoms with Crippen molar-refractivity contribution in [2.75, 3.05) is 23.7 Å². The van der Waals surface area contributed by atoms with E-state index in [9.17, 15) is 9.59 Å². The highest BCUT2D eigenvalue weighted by atomic mass is 35.5. The van der Waals surface area contributed by atoms with E-state index in [2.05, 4.69) is 39.3 Å². The first kappa shape index (κ1) is 21.7. The third-order valence-electron chi connectivity index (χ3n) is 5.03. The zero-order chi connectivity index (χ0) is 21.0. The Kier molecular flexibility index (Phi) is 7.21. The molecule has 0 radical (unpaired) electrons. The molecule has 0 spiro atoms. The number of anilines is 2. The Morgan fingerprint density at radius 2 is 2.00 bits per heavy atom. The first-order chi connectivity index (χ1) is 13.9. The number of nitrogens with zero attached hydrogens (tertiary/aromatic N) is 3. The summed E-state index contributed by atoms with van der Waals surface area (Å²) in [6, 6.07) is 3.76. The number of hydrogen-bond donors (Lipinski definition) is 2. The van der Waals surface area contributed by atoms with Gasteiger partial charge in [-0.25, -0.2) is 9.97 Å². The zero-order valence-corrected chi connectivity index (χ0v) is 18.4. The van der Waals surface area contributed by atoms with Gasteiger partial charge < -0.3 is 15.5 Å². The maximum atomic E-state index is 12.8. The van der Waals surface area contributed by atoms with Crippen LogP contribution >= 0.6 is 22.9 Å². The van der Waals surface area contributed by atoms with Crippen LogP contribution in [0.25, 0.3) is 0 Å². The molecule has 2 N–H and O–H groups in total. The van der Waals surface area contributed by atoms with Gasteiger partial charge in [0, 0.05) is 18.2 Å². The van der Waals surface area contributed by atoms with Gasteiger partial charge in [0.1, 0.15) is 10.8 Å². The van der Waals surface area contributed by atoms with Crippen molar-refractivity contribution in [2.24, 2.45) is 5.92 Å². The second-order valence-electron chi connectivity index (χ2n) is 7.35. The number of halogens is 1. The quantitative estimate of drug-likeness (QED) is 0.714. The number of nitrogens with one attached hydrogen (secondary N) is 2. The number of thiazole rings is 1. The number of piperidine rings is 1. The summed E-state index contributed by atoms with van der Waals surface area (Å²) in [6.07, 6.45) is 3.79. The predicted octanol–water partition coefficient (Wildman–Crippen LogP) is 4.07. The molecular weight excluding hydrogens is 410 g/mol. The van der Waals surface area contributed by atoms with Gasteiger partial charge >= 0.3 is 0 Å². The van der Waals surface area contributed by atoms with Crippen LogP contribution in [0.15, 0.2) is 18.3 Å². The fraction of sp³-hybridized carbons (Fsp3) is 0.500. The number of hydrogen-bond acceptors (Lipinski definition) is 6. The molecule has 0 bridgehead atoms.